The summed E-state index contributed by atoms with van der Waals surface area (Å²) in [5, 5.41) is 3.84. The van der Waals surface area contributed by atoms with Crippen LogP contribution in [-0.4, -0.2) is 39.9 Å². The number of ether oxygens (including phenoxy) is 2. The van der Waals surface area contributed by atoms with Gasteiger partial charge in [0.05, 0.1) is 14.2 Å². The molecule has 1 heterocycles. The van der Waals surface area contributed by atoms with Gasteiger partial charge in [0.15, 0.2) is 0 Å². The number of piperidine rings is 1. The lowest BCUT2D eigenvalue weighted by Crippen LogP contribution is -2.44. The number of nitrogens with zero attached hydrogens (tertiary/aromatic N) is 1. The lowest BCUT2D eigenvalue weighted by atomic mass is 10.0. The highest BCUT2D eigenvalue weighted by atomic mass is 16.5. The predicted octanol–water partition coefficient (Wildman–Crippen LogP) is 3.68. The molecular formula is C23H30N2O2. The number of benzene rings is 2. The van der Waals surface area contributed by atoms with Crippen molar-refractivity contribution in [3.8, 4) is 11.5 Å². The number of hydrogen-bond donors (Lipinski definition) is 1. The van der Waals surface area contributed by atoms with Crippen LogP contribution in [0.4, 0.5) is 5.69 Å². The molecule has 0 atom stereocenters. The van der Waals surface area contributed by atoms with Crippen molar-refractivity contribution in [2.75, 3.05) is 38.8 Å². The summed E-state index contributed by atoms with van der Waals surface area (Å²) in [7, 11) is 3.41. The van der Waals surface area contributed by atoms with Crippen molar-refractivity contribution in [2.24, 2.45) is 5.92 Å². The van der Waals surface area contributed by atoms with Crippen molar-refractivity contribution < 1.29 is 9.47 Å². The minimum absolute atomic E-state index is 0.623. The van der Waals surface area contributed by atoms with Crippen molar-refractivity contribution in [1.29, 1.82) is 0 Å². The van der Waals surface area contributed by atoms with Crippen molar-refractivity contribution in [3.05, 3.63) is 53.6 Å². The van der Waals surface area contributed by atoms with E-state index in [4.69, 9.17) is 9.47 Å². The Morgan fingerprint density at radius 3 is 2.07 bits per heavy atom. The summed E-state index contributed by atoms with van der Waals surface area (Å²) < 4.78 is 10.8. The van der Waals surface area contributed by atoms with E-state index < -0.39 is 0 Å². The molecule has 4 nitrogen and oxygen atoms in total. The fourth-order valence-electron chi connectivity index (χ4n) is 4.44. The highest BCUT2D eigenvalue weighted by Gasteiger charge is 2.24. The smallest absolute Gasteiger partial charge is 0.124 e. The number of anilines is 1. The molecule has 0 spiro atoms. The molecule has 1 fully saturated rings. The van der Waals surface area contributed by atoms with E-state index in [0.29, 0.717) is 6.04 Å². The quantitative estimate of drug-likeness (QED) is 0.846. The SMILES string of the molecule is COc1cc(OC)cc(N2CCC(NCC3Cc4ccccc4C3)CC2)c1. The Hall–Kier alpha value is -2.20. The summed E-state index contributed by atoms with van der Waals surface area (Å²) >= 11 is 0. The molecule has 0 amide bonds. The zero-order chi connectivity index (χ0) is 18.6. The van der Waals surface area contributed by atoms with Crippen LogP contribution in [0.3, 0.4) is 0 Å². The summed E-state index contributed by atoms with van der Waals surface area (Å²) in [4.78, 5) is 2.44. The van der Waals surface area contributed by atoms with Gasteiger partial charge in [-0.05, 0) is 49.3 Å². The molecule has 1 aliphatic carbocycles. The molecule has 2 aromatic rings. The van der Waals surface area contributed by atoms with Gasteiger partial charge in [-0.3, -0.25) is 0 Å². The summed E-state index contributed by atoms with van der Waals surface area (Å²) in [5.41, 5.74) is 4.29. The fraction of sp³-hybridized carbons (Fsp3) is 0.478. The minimum atomic E-state index is 0.623. The summed E-state index contributed by atoms with van der Waals surface area (Å²) in [6, 6.07) is 15.7. The van der Waals surface area contributed by atoms with Crippen LogP contribution in [0.25, 0.3) is 0 Å². The third-order valence-corrected chi connectivity index (χ3v) is 6.03. The zero-order valence-electron chi connectivity index (χ0n) is 16.4. The number of hydrogen-bond acceptors (Lipinski definition) is 4. The van der Waals surface area contributed by atoms with Gasteiger partial charge in [0.1, 0.15) is 11.5 Å². The summed E-state index contributed by atoms with van der Waals surface area (Å²) in [6.45, 7) is 3.27. The van der Waals surface area contributed by atoms with Crippen LogP contribution >= 0.6 is 0 Å². The number of methoxy groups -OCH3 is 2. The highest BCUT2D eigenvalue weighted by Crippen LogP contribution is 2.30. The molecule has 0 aromatic heterocycles. The molecule has 27 heavy (non-hydrogen) atoms. The standard InChI is InChI=1S/C23H30N2O2/c1-26-22-13-21(14-23(15-22)27-2)25-9-7-20(8-10-25)24-16-17-11-18-5-3-4-6-19(18)12-17/h3-6,13-15,17,20,24H,7-12,16H2,1-2H3. The summed E-state index contributed by atoms with van der Waals surface area (Å²) in [6.07, 6.45) is 4.82. The highest BCUT2D eigenvalue weighted by molar-refractivity contribution is 5.56. The number of fused-ring (bicyclic) bond motifs is 1. The summed E-state index contributed by atoms with van der Waals surface area (Å²) in [5.74, 6) is 2.46. The van der Waals surface area contributed by atoms with E-state index in [9.17, 15) is 0 Å². The van der Waals surface area contributed by atoms with Crippen LogP contribution in [0.5, 0.6) is 11.5 Å². The Kier molecular flexibility index (Phi) is 5.53. The Bertz CT molecular complexity index is 721. The van der Waals surface area contributed by atoms with E-state index in [1.165, 1.54) is 31.4 Å². The maximum Gasteiger partial charge on any atom is 0.124 e. The molecule has 2 aromatic carbocycles. The number of nitrogens with one attached hydrogen (secondary N) is 1. The van der Waals surface area contributed by atoms with E-state index in [1.807, 2.05) is 6.07 Å². The molecule has 0 radical (unpaired) electrons. The van der Waals surface area contributed by atoms with Gasteiger partial charge in [-0.1, -0.05) is 24.3 Å². The van der Waals surface area contributed by atoms with E-state index in [-0.39, 0.29) is 0 Å². The second-order valence-corrected chi connectivity index (χ2v) is 7.78. The average molecular weight is 367 g/mol. The monoisotopic (exact) mass is 366 g/mol. The molecule has 0 saturated carbocycles. The maximum absolute atomic E-state index is 5.41. The fourth-order valence-corrected chi connectivity index (χ4v) is 4.44. The number of rotatable bonds is 6. The molecule has 0 bridgehead atoms. The van der Waals surface area contributed by atoms with Gasteiger partial charge in [-0.2, -0.15) is 0 Å². The molecular weight excluding hydrogens is 336 g/mol. The molecule has 1 saturated heterocycles. The van der Waals surface area contributed by atoms with Crippen LogP contribution in [-0.2, 0) is 12.8 Å². The Balaban J connectivity index is 1.27. The molecule has 0 unspecified atom stereocenters. The van der Waals surface area contributed by atoms with Crippen molar-refractivity contribution in [3.63, 3.8) is 0 Å². The van der Waals surface area contributed by atoms with E-state index in [0.717, 1.165) is 37.1 Å². The lowest BCUT2D eigenvalue weighted by molar-refractivity contribution is 0.377. The first-order valence-corrected chi connectivity index (χ1v) is 10.0. The van der Waals surface area contributed by atoms with Gasteiger partial charge < -0.3 is 19.7 Å². The van der Waals surface area contributed by atoms with Crippen molar-refractivity contribution >= 4 is 5.69 Å². The second kappa shape index (κ2) is 8.22. The molecule has 4 rings (SSSR count). The van der Waals surface area contributed by atoms with Crippen molar-refractivity contribution in [1.82, 2.24) is 5.32 Å². The normalized spacial score (nSPS) is 17.8. The van der Waals surface area contributed by atoms with Crippen LogP contribution in [0.2, 0.25) is 0 Å². The second-order valence-electron chi connectivity index (χ2n) is 7.78. The zero-order valence-corrected chi connectivity index (χ0v) is 16.4. The minimum Gasteiger partial charge on any atom is -0.497 e. The Labute approximate surface area is 162 Å². The van der Waals surface area contributed by atoms with Gasteiger partial charge in [0, 0.05) is 43.0 Å². The van der Waals surface area contributed by atoms with E-state index >= 15 is 0 Å². The maximum atomic E-state index is 5.41. The van der Waals surface area contributed by atoms with Gasteiger partial charge in [0.25, 0.3) is 0 Å². The third kappa shape index (κ3) is 4.22. The average Bonchev–Trinajstić information content (AvgIpc) is 3.15. The third-order valence-electron chi connectivity index (χ3n) is 6.03. The molecule has 144 valence electrons. The molecule has 1 N–H and O–H groups in total. The first-order valence-electron chi connectivity index (χ1n) is 10.0. The first kappa shape index (κ1) is 18.2. The van der Waals surface area contributed by atoms with Crippen LogP contribution in [0.15, 0.2) is 42.5 Å². The van der Waals surface area contributed by atoms with Gasteiger partial charge >= 0.3 is 0 Å². The van der Waals surface area contributed by atoms with E-state index in [1.54, 1.807) is 25.3 Å². The van der Waals surface area contributed by atoms with Crippen LogP contribution < -0.4 is 19.7 Å². The molecule has 2 aliphatic rings. The molecule has 1 aliphatic heterocycles. The first-order chi connectivity index (χ1) is 13.2. The Morgan fingerprint density at radius 2 is 1.52 bits per heavy atom. The van der Waals surface area contributed by atoms with Gasteiger partial charge in [-0.15, -0.1) is 0 Å². The van der Waals surface area contributed by atoms with Crippen LogP contribution in [0.1, 0.15) is 24.0 Å². The van der Waals surface area contributed by atoms with Crippen LogP contribution in [0, 0.1) is 5.92 Å². The Morgan fingerprint density at radius 1 is 0.926 bits per heavy atom. The van der Waals surface area contributed by atoms with Crippen molar-refractivity contribution in [2.45, 2.75) is 31.7 Å². The molecule has 4 heteroatoms. The lowest BCUT2D eigenvalue weighted by Gasteiger charge is -2.34. The van der Waals surface area contributed by atoms with E-state index in [2.05, 4.69) is 46.6 Å². The topological polar surface area (TPSA) is 33.7 Å². The van der Waals surface area contributed by atoms with Gasteiger partial charge in [0.2, 0.25) is 0 Å². The predicted molar refractivity (Wildman–Crippen MR) is 110 cm³/mol. The largest absolute Gasteiger partial charge is 0.497 e. The van der Waals surface area contributed by atoms with Gasteiger partial charge in [-0.25, -0.2) is 0 Å².